The van der Waals surface area contributed by atoms with Crippen molar-refractivity contribution in [2.24, 2.45) is 0 Å². The van der Waals surface area contributed by atoms with Gasteiger partial charge < -0.3 is 182 Å². The Labute approximate surface area is 836 Å². The van der Waals surface area contributed by atoms with Crippen molar-refractivity contribution in [3.8, 4) is 0 Å². The van der Waals surface area contributed by atoms with Crippen molar-refractivity contribution < 1.29 is 147 Å². The highest BCUT2D eigenvalue weighted by molar-refractivity contribution is 6.64. The normalized spacial score (nSPS) is 12.8. The molecule has 0 unspecified atom stereocenters. The third-order valence-electron chi connectivity index (χ3n) is 20.2. The molecule has 135 heavy (non-hydrogen) atoms. The third-order valence-corrected chi connectivity index (χ3v) is 50.9. The Morgan fingerprint density at radius 3 is 0.452 bits per heavy atom. The van der Waals surface area contributed by atoms with Crippen LogP contribution in [0.4, 0.5) is 0 Å². The smallest absolute Gasteiger partial charge is 0.390 e. The van der Waals surface area contributed by atoms with E-state index in [9.17, 15) is 0 Å². The minimum atomic E-state index is -3.76. The van der Waals surface area contributed by atoms with Crippen LogP contribution in [0.25, 0.3) is 0 Å². The van der Waals surface area contributed by atoms with Crippen molar-refractivity contribution in [1.82, 2.24) is 35.1 Å². The topological polar surface area (TPSA) is 378 Å². The van der Waals surface area contributed by atoms with E-state index in [1.54, 1.807) is 119 Å². The summed E-state index contributed by atoms with van der Waals surface area (Å²) in [4.78, 5) is 36.1. The van der Waals surface area contributed by atoms with E-state index in [1.165, 1.54) is 0 Å². The van der Waals surface area contributed by atoms with E-state index >= 15 is 0 Å². The molecule has 0 atom stereocenters. The average molecular weight is 2160 g/mol. The molecule has 0 radical (unpaired) electrons. The van der Waals surface area contributed by atoms with Crippen LogP contribution in [0, 0.1) is 0 Å². The van der Waals surface area contributed by atoms with Crippen LogP contribution in [0.3, 0.4) is 0 Å². The van der Waals surface area contributed by atoms with Crippen molar-refractivity contribution in [3.63, 3.8) is 0 Å². The molecule has 0 saturated carbocycles. The Kier molecular flexibility index (Phi) is 104. The first-order valence-corrected chi connectivity index (χ1v) is 70.4. The second-order valence-electron chi connectivity index (χ2n) is 31.0. The number of hydrogen-bond acceptors (Lipinski definition) is 40. The summed E-state index contributed by atoms with van der Waals surface area (Å²) < 4.78 is 169. The van der Waals surface area contributed by atoms with Gasteiger partial charge in [0, 0.05) is 291 Å². The van der Waals surface area contributed by atoms with E-state index in [1.807, 2.05) is 139 Å². The van der Waals surface area contributed by atoms with Gasteiger partial charge in [-0.1, -0.05) is 0 Å². The number of nitrogens with one attached hydrogen (secondary N) is 2. The molecule has 0 saturated heterocycles. The molecule has 0 aliphatic carbocycles. The fourth-order valence-corrected chi connectivity index (χ4v) is 36.3. The predicted octanol–water partition coefficient (Wildman–Crippen LogP) is 10.7. The zero-order chi connectivity index (χ0) is 105. The maximum atomic E-state index is 8.49. The average Bonchev–Trinajstić information content (AvgIpc) is 0.879. The van der Waals surface area contributed by atoms with Crippen molar-refractivity contribution in [2.75, 3.05) is 334 Å². The van der Waals surface area contributed by atoms with Gasteiger partial charge >= 0.3 is 96.8 Å². The standard InChI is InChI=1S/C19H45NO6Si2.C18H43NO6Si2.C13H33NO6Si2.C12H31NO6Si2.C10H25NO3Si.C8H21NO3Si.C4H13NO3Si/c1-8-21-27(22-9-2,23-10-3)18-14-16-20(7)17-15-19-28(24-11-4,25-12-5)26-13-6;1-7-20-26(21-8-2,22-9-3)17-13-15-19-16-14-18-27(23-10-4,24-11-5)25-12-6;1-14(10-8-12-21(15-2,16-3)17-4)11-9-13-22(18-5,19-6)20-7;1-14-20(15-2,16-3)11-7-9-13-10-8-12-21(17-4,18-5)19-6;1-6-12-15(13-7-2,14-8-3)10-9-11(4)5;1-6-12-13(10-4,11-5)8-7-9(2)3;1-5(2)3-4-9(6,7)8/h8-19H2,1-7H3;19H,7-18H2,1-6H3;8-13H2,1-7H3;13H,7-12H2,1-6H3;6-10H2,1-5H3;6-8H2,1-5H3;6-8H,3-4H2,1-2H3. The number of nitrogens with zero attached hydrogens (tertiary/aromatic N) is 5. The first-order chi connectivity index (χ1) is 64.2. The molecule has 824 valence electrons. The van der Waals surface area contributed by atoms with Gasteiger partial charge in [-0.2, -0.15) is 0 Å². The van der Waals surface area contributed by atoms with Crippen molar-refractivity contribution in [2.45, 2.75) is 229 Å². The number of rotatable bonds is 87. The Morgan fingerprint density at radius 2 is 0.304 bits per heavy atom. The van der Waals surface area contributed by atoms with E-state index < -0.39 is 96.8 Å². The molecule has 40 nitrogen and oxygen atoms in total. The molecule has 0 fully saturated rings. The lowest BCUT2D eigenvalue weighted by molar-refractivity contribution is 0.0684. The predicted molar refractivity (Wildman–Crippen MR) is 560 cm³/mol. The molecule has 0 aliphatic rings. The molecule has 0 heterocycles. The van der Waals surface area contributed by atoms with Crippen LogP contribution in [0.2, 0.25) is 66.5 Å². The summed E-state index contributed by atoms with van der Waals surface area (Å²) in [6.45, 7) is 51.8. The summed E-state index contributed by atoms with van der Waals surface area (Å²) in [5, 5.41) is 6.88. The molecule has 0 aromatic carbocycles. The van der Waals surface area contributed by atoms with Gasteiger partial charge in [-0.3, -0.25) is 0 Å². The lowest BCUT2D eigenvalue weighted by Gasteiger charge is -2.30. The lowest BCUT2D eigenvalue weighted by Crippen LogP contribution is -2.47. The van der Waals surface area contributed by atoms with Crippen LogP contribution in [-0.4, -0.2) is 469 Å². The summed E-state index contributed by atoms with van der Waals surface area (Å²) in [5.41, 5.74) is 0. The van der Waals surface area contributed by atoms with E-state index in [0.29, 0.717) is 112 Å². The van der Waals surface area contributed by atoms with Crippen LogP contribution in [-0.2, 0) is 133 Å². The first kappa shape index (κ1) is 149. The van der Waals surface area contributed by atoms with Gasteiger partial charge in [0.1, 0.15) is 0 Å². The largest absolute Gasteiger partial charge is 0.502 e. The fourth-order valence-electron chi connectivity index (χ4n) is 13.5. The van der Waals surface area contributed by atoms with Gasteiger partial charge in [-0.15, -0.1) is 0 Å². The fraction of sp³-hybridized carbons (Fsp3) is 1.00. The highest BCUT2D eigenvalue weighted by Gasteiger charge is 2.46. The Bertz CT molecular complexity index is 2230. The lowest BCUT2D eigenvalue weighted by atomic mass is 10.4. The van der Waals surface area contributed by atoms with Gasteiger partial charge in [0.2, 0.25) is 0 Å². The second kappa shape index (κ2) is 94.5. The molecular weight excluding hydrogens is 1940 g/mol. The molecule has 0 aromatic rings. The summed E-state index contributed by atoms with van der Waals surface area (Å²) in [6, 6.07) is 8.38. The van der Waals surface area contributed by atoms with Crippen LogP contribution >= 0.6 is 0 Å². The molecule has 0 spiro atoms. The summed E-state index contributed by atoms with van der Waals surface area (Å²) in [7, 11) is 10.6. The van der Waals surface area contributed by atoms with Gasteiger partial charge in [0.25, 0.3) is 0 Å². The zero-order valence-electron chi connectivity index (χ0n) is 92.9. The first-order valence-electron chi connectivity index (χ1n) is 49.0. The SMILES string of the molecule is CCO[Si](CCCN(C)CCC[Si](OCC)(OCC)OCC)(OCC)OCC.CCO[Si](CCCNCCC[Si](OCC)(OCC)OCC)(OCC)OCC.CCO[Si](CCN(C)C)(OC)OC.CCO[Si](CCN(C)C)(OCC)OCC.CN(C)CC[Si](O)(O)O.CO[Si](CCCN(C)CCC[Si](OC)(OC)OC)(OC)OC.CO[Si](CCCNCCC[Si](OC)(OC)OC)(OC)OC. The van der Waals surface area contributed by atoms with Crippen LogP contribution in [0.15, 0.2) is 0 Å². The van der Waals surface area contributed by atoms with Gasteiger partial charge in [0.15, 0.2) is 0 Å². The third kappa shape index (κ3) is 76.0. The number of hydrogen-bond donors (Lipinski definition) is 5. The Morgan fingerprint density at radius 1 is 0.170 bits per heavy atom. The van der Waals surface area contributed by atoms with Crippen molar-refractivity contribution >= 4 is 96.8 Å². The molecule has 0 rings (SSSR count). The van der Waals surface area contributed by atoms with E-state index in [-0.39, 0.29) is 6.04 Å². The quantitative estimate of drug-likeness (QED) is 0.0279. The highest BCUT2D eigenvalue weighted by Crippen LogP contribution is 2.26. The minimum absolute atomic E-state index is 0.0833. The molecule has 0 aromatic heterocycles. The minimum Gasteiger partial charge on any atom is -0.390 e. The van der Waals surface area contributed by atoms with Crippen LogP contribution in [0.5, 0.6) is 0 Å². The Hall–Kier alpha value is 0.786. The molecule has 0 aliphatic heterocycles. The van der Waals surface area contributed by atoms with E-state index in [4.69, 9.17) is 147 Å². The Balaban J connectivity index is -0.000000290. The van der Waals surface area contributed by atoms with E-state index in [2.05, 4.69) is 44.3 Å². The maximum Gasteiger partial charge on any atom is 0.502 e. The van der Waals surface area contributed by atoms with Crippen LogP contribution in [0.1, 0.15) is 162 Å². The maximum absolute atomic E-state index is 8.49. The van der Waals surface area contributed by atoms with Gasteiger partial charge in [-0.25, -0.2) is 0 Å². The molecule has 0 bridgehead atoms. The monoisotopic (exact) mass is 2150 g/mol. The summed E-state index contributed by atoms with van der Waals surface area (Å²) >= 11 is 0. The van der Waals surface area contributed by atoms with Gasteiger partial charge in [0.05, 0.1) is 0 Å². The van der Waals surface area contributed by atoms with Crippen molar-refractivity contribution in [3.05, 3.63) is 0 Å². The highest BCUT2D eigenvalue weighted by atomic mass is 28.4. The van der Waals surface area contributed by atoms with Crippen LogP contribution < -0.4 is 10.6 Å². The molecular formula is C84H211N7O33Si11. The molecule has 51 heteroatoms. The molecule has 0 amide bonds. The van der Waals surface area contributed by atoms with E-state index in [0.717, 1.165) is 177 Å². The molecule has 5 N–H and O–H groups in total. The van der Waals surface area contributed by atoms with Gasteiger partial charge in [-0.05, 0) is 271 Å². The summed E-state index contributed by atoms with van der Waals surface area (Å²) in [6.07, 6.45) is 7.77. The zero-order valence-corrected chi connectivity index (χ0v) is 104. The van der Waals surface area contributed by atoms with Crippen molar-refractivity contribution in [1.29, 1.82) is 0 Å². The second-order valence-corrected chi connectivity index (χ2v) is 62.0. The summed E-state index contributed by atoms with van der Waals surface area (Å²) in [5.74, 6) is 0.